The number of benzene rings is 2. The van der Waals surface area contributed by atoms with Crippen molar-refractivity contribution in [1.29, 1.82) is 0 Å². The molecule has 3 aromatic rings. The van der Waals surface area contributed by atoms with Crippen molar-refractivity contribution in [2.24, 2.45) is 0 Å². The first-order chi connectivity index (χ1) is 15.5. The number of rotatable bonds is 6. The Kier molecular flexibility index (Phi) is 6.95. The summed E-state index contributed by atoms with van der Waals surface area (Å²) >= 11 is 0. The molecule has 2 aromatic carbocycles. The lowest BCUT2D eigenvalue weighted by atomic mass is 10.1. The van der Waals surface area contributed by atoms with Crippen LogP contribution in [0.2, 0.25) is 0 Å². The molecular weight excluding hydrogens is 437 g/mol. The Hall–Kier alpha value is -3.56. The molecule has 3 rings (SSSR count). The van der Waals surface area contributed by atoms with Crippen molar-refractivity contribution in [3.63, 3.8) is 0 Å². The molecule has 0 fully saturated rings. The lowest BCUT2D eigenvalue weighted by Gasteiger charge is -2.20. The Balaban J connectivity index is 1.93. The monoisotopic (exact) mass is 462 g/mol. The lowest BCUT2D eigenvalue weighted by molar-refractivity contribution is -0.136. The molecule has 0 saturated heterocycles. The number of alkyl carbamates (subject to hydrolysis) is 1. The molecule has 10 heteroatoms. The number of aromatic nitrogens is 2. The molecule has 176 valence electrons. The minimum absolute atomic E-state index is 0.0453. The quantitative estimate of drug-likeness (QED) is 0.517. The molecule has 0 aliphatic heterocycles. The normalized spacial score (nSPS) is 11.9. The molecular formula is C23H25F3N4O3. The van der Waals surface area contributed by atoms with E-state index in [2.05, 4.69) is 15.7 Å². The number of hydrogen-bond donors (Lipinski definition) is 2. The van der Waals surface area contributed by atoms with E-state index in [0.717, 1.165) is 10.7 Å². The highest BCUT2D eigenvalue weighted by Gasteiger charge is 2.34. The molecule has 0 aliphatic rings. The number of carbonyl (C=O) groups excluding carboxylic acids is 1. The Bertz CT molecular complexity index is 1190. The van der Waals surface area contributed by atoms with Gasteiger partial charge in [0.1, 0.15) is 11.4 Å². The van der Waals surface area contributed by atoms with Gasteiger partial charge in [-0.05, 0) is 51.5 Å². The van der Waals surface area contributed by atoms with Gasteiger partial charge in [0.05, 0.1) is 22.2 Å². The summed E-state index contributed by atoms with van der Waals surface area (Å²) in [6, 6.07) is 12.1. The van der Waals surface area contributed by atoms with Crippen LogP contribution >= 0.6 is 0 Å². The summed E-state index contributed by atoms with van der Waals surface area (Å²) in [5, 5.41) is 2.10. The highest BCUT2D eigenvalue weighted by atomic mass is 19.4. The number of ether oxygens (including phenoxy) is 1. The Morgan fingerprint density at radius 3 is 2.39 bits per heavy atom. The van der Waals surface area contributed by atoms with Crippen molar-refractivity contribution in [2.75, 3.05) is 12.0 Å². The van der Waals surface area contributed by atoms with Crippen LogP contribution in [0.15, 0.2) is 53.3 Å². The Morgan fingerprint density at radius 1 is 1.06 bits per heavy atom. The van der Waals surface area contributed by atoms with Gasteiger partial charge in [0.25, 0.3) is 5.56 Å². The number of hydrogen-bond acceptors (Lipinski definition) is 5. The van der Waals surface area contributed by atoms with Crippen LogP contribution in [0.1, 0.15) is 38.6 Å². The topological polar surface area (TPSA) is 85.2 Å². The molecule has 0 spiro atoms. The van der Waals surface area contributed by atoms with E-state index in [1.54, 1.807) is 51.1 Å². The van der Waals surface area contributed by atoms with Crippen molar-refractivity contribution in [1.82, 2.24) is 15.0 Å². The van der Waals surface area contributed by atoms with E-state index in [4.69, 9.17) is 4.74 Å². The molecule has 0 radical (unpaired) electrons. The second kappa shape index (κ2) is 9.51. The number of fused-ring (bicyclic) bond motifs is 1. The number of nitrogens with zero attached hydrogens (tertiary/aromatic N) is 2. The minimum atomic E-state index is -4.70. The molecule has 2 N–H and O–H groups in total. The van der Waals surface area contributed by atoms with Gasteiger partial charge in [-0.3, -0.25) is 10.2 Å². The van der Waals surface area contributed by atoms with E-state index in [1.165, 1.54) is 12.1 Å². The first-order valence-electron chi connectivity index (χ1n) is 10.4. The van der Waals surface area contributed by atoms with E-state index in [0.29, 0.717) is 12.1 Å². The second-order valence-corrected chi connectivity index (χ2v) is 8.38. The Morgan fingerprint density at radius 2 is 1.76 bits per heavy atom. The van der Waals surface area contributed by atoms with Crippen LogP contribution in [0.5, 0.6) is 0 Å². The smallest absolute Gasteiger partial charge is 0.417 e. The van der Waals surface area contributed by atoms with Gasteiger partial charge in [0, 0.05) is 13.0 Å². The number of carbonyl (C=O) groups is 1. The van der Waals surface area contributed by atoms with E-state index in [1.807, 2.05) is 0 Å². The third-order valence-corrected chi connectivity index (χ3v) is 4.53. The summed E-state index contributed by atoms with van der Waals surface area (Å²) in [5.74, 6) is 0.238. The number of anilines is 1. The predicted octanol–water partition coefficient (Wildman–Crippen LogP) is 4.75. The highest BCUT2D eigenvalue weighted by Crippen LogP contribution is 2.33. The highest BCUT2D eigenvalue weighted by molar-refractivity contribution is 5.82. The molecule has 7 nitrogen and oxygen atoms in total. The number of alkyl halides is 3. The standard InChI is InChI=1S/C23H25F3N4O3/c1-22(2,3)33-21(32)27-14-8-13-18-28-17-12-7-11-16(23(24,25)26)19(17)20(31)30(18)29-15-9-5-4-6-10-15/h4-7,9-12,29H,8,13-14H2,1-3H3,(H,27,32). The number of aryl methyl sites for hydroxylation is 1. The summed E-state index contributed by atoms with van der Waals surface area (Å²) in [6.45, 7) is 5.47. The predicted molar refractivity (Wildman–Crippen MR) is 119 cm³/mol. The van der Waals surface area contributed by atoms with Crippen LogP contribution in [0.25, 0.3) is 10.9 Å². The average Bonchev–Trinajstić information content (AvgIpc) is 2.72. The third kappa shape index (κ3) is 6.24. The van der Waals surface area contributed by atoms with Crippen molar-refractivity contribution < 1.29 is 22.7 Å². The fourth-order valence-corrected chi connectivity index (χ4v) is 3.19. The minimum Gasteiger partial charge on any atom is -0.444 e. The number of nitrogens with one attached hydrogen (secondary N) is 2. The van der Waals surface area contributed by atoms with Crippen LogP contribution in [0, 0.1) is 0 Å². The van der Waals surface area contributed by atoms with Gasteiger partial charge in [0.15, 0.2) is 0 Å². The molecule has 1 heterocycles. The molecule has 33 heavy (non-hydrogen) atoms. The maximum Gasteiger partial charge on any atom is 0.417 e. The first-order valence-corrected chi connectivity index (χ1v) is 10.4. The van der Waals surface area contributed by atoms with Crippen molar-refractivity contribution in [3.8, 4) is 0 Å². The zero-order chi connectivity index (χ0) is 24.2. The van der Waals surface area contributed by atoms with Gasteiger partial charge in [-0.2, -0.15) is 13.2 Å². The molecule has 1 amide bonds. The van der Waals surface area contributed by atoms with Crippen LogP contribution in [-0.4, -0.2) is 27.9 Å². The van der Waals surface area contributed by atoms with Gasteiger partial charge >= 0.3 is 12.3 Å². The fraction of sp³-hybridized carbons (Fsp3) is 0.348. The van der Waals surface area contributed by atoms with Gasteiger partial charge in [-0.25, -0.2) is 14.5 Å². The van der Waals surface area contributed by atoms with E-state index >= 15 is 0 Å². The average molecular weight is 462 g/mol. The fourth-order valence-electron chi connectivity index (χ4n) is 3.19. The first kappa shape index (κ1) is 24.1. The van der Waals surface area contributed by atoms with Gasteiger partial charge in [-0.15, -0.1) is 0 Å². The summed E-state index contributed by atoms with van der Waals surface area (Å²) in [5.41, 5.74) is 0.786. The molecule has 0 atom stereocenters. The molecule has 0 saturated carbocycles. The zero-order valence-electron chi connectivity index (χ0n) is 18.5. The van der Waals surface area contributed by atoms with Gasteiger partial charge < -0.3 is 10.1 Å². The van der Waals surface area contributed by atoms with Crippen molar-refractivity contribution in [3.05, 3.63) is 70.3 Å². The molecule has 0 bridgehead atoms. The summed E-state index contributed by atoms with van der Waals surface area (Å²) in [4.78, 5) is 29.3. The maximum absolute atomic E-state index is 13.6. The lowest BCUT2D eigenvalue weighted by Crippen LogP contribution is -2.34. The van der Waals surface area contributed by atoms with Crippen molar-refractivity contribution in [2.45, 2.75) is 45.4 Å². The van der Waals surface area contributed by atoms with E-state index in [-0.39, 0.29) is 24.3 Å². The maximum atomic E-state index is 13.6. The van der Waals surface area contributed by atoms with E-state index < -0.39 is 34.4 Å². The molecule has 0 aliphatic carbocycles. The third-order valence-electron chi connectivity index (χ3n) is 4.53. The van der Waals surface area contributed by atoms with E-state index in [9.17, 15) is 22.8 Å². The largest absolute Gasteiger partial charge is 0.444 e. The molecule has 1 aromatic heterocycles. The van der Waals surface area contributed by atoms with Crippen LogP contribution in [-0.2, 0) is 17.3 Å². The van der Waals surface area contributed by atoms with Crippen molar-refractivity contribution >= 4 is 22.7 Å². The van der Waals surface area contributed by atoms with Gasteiger partial charge in [-0.1, -0.05) is 24.3 Å². The Labute approximate surface area is 188 Å². The van der Waals surface area contributed by atoms with Crippen LogP contribution < -0.4 is 16.3 Å². The van der Waals surface area contributed by atoms with Gasteiger partial charge in [0.2, 0.25) is 0 Å². The van der Waals surface area contributed by atoms with Crippen LogP contribution in [0.3, 0.4) is 0 Å². The number of para-hydroxylation sites is 1. The summed E-state index contributed by atoms with van der Waals surface area (Å²) in [6.07, 6.45) is -4.68. The van der Waals surface area contributed by atoms with Crippen LogP contribution in [0.4, 0.5) is 23.7 Å². The molecule has 0 unspecified atom stereocenters. The summed E-state index contributed by atoms with van der Waals surface area (Å²) in [7, 11) is 0. The second-order valence-electron chi connectivity index (χ2n) is 8.38. The SMILES string of the molecule is CC(C)(C)OC(=O)NCCCc1nc2cccc(C(F)(F)F)c2c(=O)n1Nc1ccccc1. The number of halogens is 3. The summed E-state index contributed by atoms with van der Waals surface area (Å²) < 4.78 is 46.9. The zero-order valence-corrected chi connectivity index (χ0v) is 18.5. The number of amides is 1.